The quantitative estimate of drug-likeness (QED) is 0.789. The molecule has 1 aliphatic carbocycles. The summed E-state index contributed by atoms with van der Waals surface area (Å²) in [4.78, 5) is 8.97. The van der Waals surface area contributed by atoms with Crippen LogP contribution < -0.4 is 0 Å². The molecule has 0 bridgehead atoms. The molecule has 1 aliphatic rings. The molecular weight excluding hydrogens is 328 g/mol. The second-order valence-electron chi connectivity index (χ2n) is 6.71. The van der Waals surface area contributed by atoms with Crippen molar-refractivity contribution in [3.8, 4) is 11.4 Å². The van der Waals surface area contributed by atoms with Gasteiger partial charge in [0, 0.05) is 23.4 Å². The number of rotatable bonds is 4. The van der Waals surface area contributed by atoms with Gasteiger partial charge in [0.25, 0.3) is 0 Å². The molecule has 1 fully saturated rings. The van der Waals surface area contributed by atoms with E-state index < -0.39 is 11.0 Å². The number of hydrogen-bond acceptors (Lipinski definition) is 5. The van der Waals surface area contributed by atoms with E-state index in [1.807, 2.05) is 40.0 Å². The Morgan fingerprint density at radius 3 is 2.78 bits per heavy atom. The molecule has 1 unspecified atom stereocenters. The van der Waals surface area contributed by atoms with E-state index >= 15 is 0 Å². The van der Waals surface area contributed by atoms with Crippen molar-refractivity contribution in [1.82, 2.24) is 14.3 Å². The van der Waals surface area contributed by atoms with E-state index in [1.165, 1.54) is 24.4 Å². The van der Waals surface area contributed by atoms with Crippen LogP contribution in [0.15, 0.2) is 22.7 Å². The van der Waals surface area contributed by atoms with Crippen molar-refractivity contribution >= 4 is 28.2 Å². The third kappa shape index (κ3) is 3.90. The fourth-order valence-corrected chi connectivity index (χ4v) is 3.27. The Hall–Kier alpha value is -1.47. The number of aromatic nitrogens is 3. The van der Waals surface area contributed by atoms with Gasteiger partial charge in [0.1, 0.15) is 11.0 Å². The monoisotopic (exact) mass is 348 g/mol. The Kier molecular flexibility index (Phi) is 4.42. The van der Waals surface area contributed by atoms with E-state index in [9.17, 15) is 4.21 Å². The molecule has 0 aromatic carbocycles. The van der Waals surface area contributed by atoms with Gasteiger partial charge in [-0.2, -0.15) is 8.77 Å². The topological polar surface area (TPSA) is 68.1 Å². The lowest BCUT2D eigenvalue weighted by atomic mass is 10.2. The lowest BCUT2D eigenvalue weighted by molar-refractivity contribution is 0.650. The number of pyridine rings is 1. The van der Waals surface area contributed by atoms with Gasteiger partial charge in [-0.15, -0.1) is 0 Å². The first kappa shape index (κ1) is 16.4. The van der Waals surface area contributed by atoms with E-state index in [0.29, 0.717) is 22.5 Å². The highest BCUT2D eigenvalue weighted by atomic mass is 32.2. The number of nitrogens with zero attached hydrogens (tertiary/aromatic N) is 4. The van der Waals surface area contributed by atoms with Gasteiger partial charge in [-0.05, 0) is 64.2 Å². The van der Waals surface area contributed by atoms with E-state index in [1.54, 1.807) is 0 Å². The Morgan fingerprint density at radius 2 is 2.13 bits per heavy atom. The minimum atomic E-state index is -1.29. The summed E-state index contributed by atoms with van der Waals surface area (Å²) < 4.78 is 20.4. The zero-order chi connectivity index (χ0) is 16.6. The normalized spacial score (nSPS) is 17.3. The van der Waals surface area contributed by atoms with E-state index in [2.05, 4.69) is 24.8 Å². The van der Waals surface area contributed by atoms with Gasteiger partial charge >= 0.3 is 0 Å². The summed E-state index contributed by atoms with van der Waals surface area (Å²) in [5, 5.41) is 0.711. The third-order valence-corrected chi connectivity index (χ3v) is 5.83. The summed E-state index contributed by atoms with van der Waals surface area (Å²) >= 11 is 1.29. The average molecular weight is 348 g/mol. The first-order valence-electron chi connectivity index (χ1n) is 7.62. The molecular formula is C16H20N4OS2. The van der Waals surface area contributed by atoms with Crippen molar-refractivity contribution in [2.75, 3.05) is 0 Å². The summed E-state index contributed by atoms with van der Waals surface area (Å²) in [6.45, 7) is 7.54. The molecule has 0 amide bonds. The molecule has 0 radical (unpaired) electrons. The van der Waals surface area contributed by atoms with E-state index in [4.69, 9.17) is 0 Å². The SMILES string of the molecule is C/C(=N\S(=O)C(C)(C)C)c1nc(-c2ccnc(C3CC3)c2)ns1. The first-order chi connectivity index (χ1) is 10.8. The van der Waals surface area contributed by atoms with Crippen molar-refractivity contribution in [3.05, 3.63) is 29.0 Å². The van der Waals surface area contributed by atoms with Crippen molar-refractivity contribution in [3.63, 3.8) is 0 Å². The molecule has 23 heavy (non-hydrogen) atoms. The molecule has 2 heterocycles. The summed E-state index contributed by atoms with van der Waals surface area (Å²) in [6, 6.07) is 4.00. The molecule has 7 heteroatoms. The summed E-state index contributed by atoms with van der Waals surface area (Å²) in [5.74, 6) is 1.29. The van der Waals surface area contributed by atoms with Gasteiger partial charge in [0.05, 0.1) is 10.5 Å². The molecule has 5 nitrogen and oxygen atoms in total. The van der Waals surface area contributed by atoms with Crippen LogP contribution in [0.2, 0.25) is 0 Å². The van der Waals surface area contributed by atoms with Crippen LogP contribution in [0.4, 0.5) is 0 Å². The van der Waals surface area contributed by atoms with Crippen LogP contribution in [0.25, 0.3) is 11.4 Å². The van der Waals surface area contributed by atoms with Crippen LogP contribution in [-0.2, 0) is 11.0 Å². The van der Waals surface area contributed by atoms with E-state index in [-0.39, 0.29) is 4.75 Å². The van der Waals surface area contributed by atoms with E-state index in [0.717, 1.165) is 11.3 Å². The second kappa shape index (κ2) is 6.20. The molecule has 122 valence electrons. The van der Waals surface area contributed by atoms with Crippen LogP contribution in [0.3, 0.4) is 0 Å². The highest BCUT2D eigenvalue weighted by molar-refractivity contribution is 7.85. The Morgan fingerprint density at radius 1 is 1.39 bits per heavy atom. The Bertz CT molecular complexity index is 772. The van der Waals surface area contributed by atoms with Gasteiger partial charge in [-0.25, -0.2) is 9.19 Å². The molecule has 0 aliphatic heterocycles. The van der Waals surface area contributed by atoms with Crippen molar-refractivity contribution < 1.29 is 4.21 Å². The lowest BCUT2D eigenvalue weighted by Gasteiger charge is -2.13. The minimum absolute atomic E-state index is 0.376. The largest absolute Gasteiger partial charge is 0.261 e. The molecule has 1 atom stereocenters. The van der Waals surface area contributed by atoms with Crippen LogP contribution in [-0.4, -0.2) is 29.0 Å². The van der Waals surface area contributed by atoms with Crippen molar-refractivity contribution in [1.29, 1.82) is 0 Å². The summed E-state index contributed by atoms with van der Waals surface area (Å²) in [6.07, 6.45) is 4.26. The molecule has 0 saturated heterocycles. The zero-order valence-electron chi connectivity index (χ0n) is 13.7. The molecule has 0 N–H and O–H groups in total. The predicted molar refractivity (Wildman–Crippen MR) is 95.2 cm³/mol. The molecule has 2 aromatic rings. The zero-order valence-corrected chi connectivity index (χ0v) is 15.4. The van der Waals surface area contributed by atoms with Gasteiger partial charge in [0.2, 0.25) is 0 Å². The smallest absolute Gasteiger partial charge is 0.173 e. The minimum Gasteiger partial charge on any atom is -0.261 e. The maximum absolute atomic E-state index is 12.1. The fraction of sp³-hybridized carbons (Fsp3) is 0.500. The fourth-order valence-electron chi connectivity index (χ4n) is 1.98. The summed E-state index contributed by atoms with van der Waals surface area (Å²) in [7, 11) is -1.29. The molecule has 3 rings (SSSR count). The molecule has 0 spiro atoms. The van der Waals surface area contributed by atoms with Gasteiger partial charge in [0.15, 0.2) is 10.8 Å². The Labute approximate surface area is 143 Å². The average Bonchev–Trinajstić information content (AvgIpc) is 3.23. The van der Waals surface area contributed by atoms with Crippen LogP contribution >= 0.6 is 11.5 Å². The third-order valence-electron chi connectivity index (χ3n) is 3.51. The summed E-state index contributed by atoms with van der Waals surface area (Å²) in [5.41, 5.74) is 2.77. The molecule has 2 aromatic heterocycles. The van der Waals surface area contributed by atoms with Crippen molar-refractivity contribution in [2.45, 2.75) is 51.2 Å². The molecule has 1 saturated carbocycles. The maximum Gasteiger partial charge on any atom is 0.173 e. The standard InChI is InChI=1S/C16H20N4OS2/c1-10(20-23(21)16(2,3)4)15-18-14(19-22-15)12-7-8-17-13(9-12)11-5-6-11/h7-9,11H,5-6H2,1-4H3/b20-10+. The van der Waals surface area contributed by atoms with Gasteiger partial charge in [-0.1, -0.05) is 0 Å². The van der Waals surface area contributed by atoms with Crippen LogP contribution in [0.5, 0.6) is 0 Å². The second-order valence-corrected chi connectivity index (χ2v) is 9.36. The Balaban J connectivity index is 1.84. The maximum atomic E-state index is 12.1. The predicted octanol–water partition coefficient (Wildman–Crippen LogP) is 3.75. The lowest BCUT2D eigenvalue weighted by Crippen LogP contribution is -2.20. The highest BCUT2D eigenvalue weighted by Gasteiger charge is 2.25. The van der Waals surface area contributed by atoms with Crippen LogP contribution in [0, 0.1) is 0 Å². The first-order valence-corrected chi connectivity index (χ1v) is 9.50. The van der Waals surface area contributed by atoms with Gasteiger partial charge in [-0.3, -0.25) is 4.98 Å². The highest BCUT2D eigenvalue weighted by Crippen LogP contribution is 2.39. The number of hydrogen-bond donors (Lipinski definition) is 0. The van der Waals surface area contributed by atoms with Crippen LogP contribution in [0.1, 0.15) is 57.2 Å². The van der Waals surface area contributed by atoms with Gasteiger partial charge < -0.3 is 0 Å². The van der Waals surface area contributed by atoms with Crippen molar-refractivity contribution in [2.24, 2.45) is 4.40 Å².